The number of rotatable bonds is 13. The van der Waals surface area contributed by atoms with E-state index in [2.05, 4.69) is 41.7 Å². The molecule has 5 atom stereocenters. The molecule has 12 nitrogen and oxygen atoms in total. The molecule has 3 saturated carbocycles. The van der Waals surface area contributed by atoms with Gasteiger partial charge in [0.25, 0.3) is 5.91 Å². The number of ketones is 1. The quantitative estimate of drug-likeness (QED) is 0.168. The lowest BCUT2D eigenvalue weighted by Crippen LogP contribution is -2.64. The first-order valence-electron chi connectivity index (χ1n) is 17.9. The Labute approximate surface area is 292 Å². The van der Waals surface area contributed by atoms with Gasteiger partial charge in [-0.15, -0.1) is 6.58 Å². The molecule has 5 amide bonds. The second-order valence-corrected chi connectivity index (χ2v) is 20.3. The molecule has 4 unspecified atom stereocenters. The molecular weight excluding hydrogens is 646 g/mol. The van der Waals surface area contributed by atoms with Crippen LogP contribution in [0.4, 0.5) is 4.79 Å². The standard InChI is InChI=1S/C36H59N5O7S/c1-10-18-37-30(44)27(42)24(19-22-14-15-22)38-29(43)26-25-23(35(25,8)9)20-41(26)31(45)28(33(2,3)4)39-32(46)40-36(16-12-11-13-17-36)21-49(47,48)34(5,6)7/h10,22-26,28H,1,11-21H2,2-9H3,(H,37,44)(H,38,43)(H2,39,40,46)/t23?,24?,25?,26?,28-/m1/s1. The normalized spacial score (nSPS) is 25.6. The average Bonchev–Trinajstić information content (AvgIpc) is 3.84. The van der Waals surface area contributed by atoms with Crippen molar-refractivity contribution in [2.24, 2.45) is 28.6 Å². The van der Waals surface area contributed by atoms with Crippen LogP contribution in [0.25, 0.3) is 0 Å². The third kappa shape index (κ3) is 8.68. The van der Waals surface area contributed by atoms with Crippen molar-refractivity contribution in [2.75, 3.05) is 18.8 Å². The molecule has 1 heterocycles. The van der Waals surface area contributed by atoms with Crippen LogP contribution in [-0.2, 0) is 29.0 Å². The lowest BCUT2D eigenvalue weighted by molar-refractivity contribution is -0.145. The van der Waals surface area contributed by atoms with E-state index in [1.54, 1.807) is 20.8 Å². The SMILES string of the molecule is C=CCNC(=O)C(=O)C(CC1CC1)NC(=O)C1C2C(CN1C(=O)[C@@H](NC(=O)NC1(CS(=O)(=O)C(C)(C)C)CCCCC1)C(C)(C)C)C2(C)C. The van der Waals surface area contributed by atoms with Crippen LogP contribution in [0, 0.1) is 28.6 Å². The van der Waals surface area contributed by atoms with E-state index in [4.69, 9.17) is 0 Å². The first-order chi connectivity index (χ1) is 22.5. The largest absolute Gasteiger partial charge is 0.346 e. The van der Waals surface area contributed by atoms with Gasteiger partial charge in [0.2, 0.25) is 17.6 Å². The maximum absolute atomic E-state index is 14.5. The lowest BCUT2D eigenvalue weighted by atomic mass is 9.83. The zero-order valence-corrected chi connectivity index (χ0v) is 31.6. The van der Waals surface area contributed by atoms with Gasteiger partial charge in [-0.3, -0.25) is 19.2 Å². The Balaban J connectivity index is 1.55. The number of hydrogen-bond donors (Lipinski definition) is 4. The van der Waals surface area contributed by atoms with Crippen molar-refractivity contribution in [2.45, 2.75) is 135 Å². The van der Waals surface area contributed by atoms with E-state index in [0.717, 1.165) is 32.1 Å². The Morgan fingerprint density at radius 1 is 0.959 bits per heavy atom. The number of fused-ring (bicyclic) bond motifs is 1. The summed E-state index contributed by atoms with van der Waals surface area (Å²) < 4.78 is 25.6. The van der Waals surface area contributed by atoms with Gasteiger partial charge in [-0.25, -0.2) is 13.2 Å². The molecular formula is C36H59N5O7S. The minimum absolute atomic E-state index is 0.0585. The van der Waals surface area contributed by atoms with Crippen LogP contribution in [0.1, 0.15) is 107 Å². The van der Waals surface area contributed by atoms with Crippen molar-refractivity contribution < 1.29 is 32.4 Å². The minimum atomic E-state index is -3.56. The summed E-state index contributed by atoms with van der Waals surface area (Å²) in [5, 5.41) is 11.2. The van der Waals surface area contributed by atoms with E-state index in [1.165, 1.54) is 11.0 Å². The first kappa shape index (κ1) is 38.8. The Hall–Kier alpha value is -2.96. The molecule has 1 saturated heterocycles. The highest BCUT2D eigenvalue weighted by molar-refractivity contribution is 7.92. The molecule has 4 fully saturated rings. The Morgan fingerprint density at radius 3 is 2.10 bits per heavy atom. The maximum Gasteiger partial charge on any atom is 0.315 e. The first-order valence-corrected chi connectivity index (χ1v) is 19.5. The number of urea groups is 1. The van der Waals surface area contributed by atoms with Crippen LogP contribution in [0.2, 0.25) is 0 Å². The van der Waals surface area contributed by atoms with Crippen LogP contribution in [0.5, 0.6) is 0 Å². The summed E-state index contributed by atoms with van der Waals surface area (Å²) >= 11 is 0. The van der Waals surface area contributed by atoms with Gasteiger partial charge >= 0.3 is 6.03 Å². The van der Waals surface area contributed by atoms with Gasteiger partial charge in [0.15, 0.2) is 9.84 Å². The maximum atomic E-state index is 14.5. The van der Waals surface area contributed by atoms with Crippen molar-refractivity contribution in [3.63, 3.8) is 0 Å². The van der Waals surface area contributed by atoms with E-state index >= 15 is 0 Å². The van der Waals surface area contributed by atoms with Crippen molar-refractivity contribution in [1.29, 1.82) is 0 Å². The number of hydrogen-bond acceptors (Lipinski definition) is 7. The zero-order valence-electron chi connectivity index (χ0n) is 30.7. The van der Waals surface area contributed by atoms with Gasteiger partial charge in [0, 0.05) is 13.1 Å². The zero-order chi connectivity index (χ0) is 36.7. The number of carbonyl (C=O) groups is 5. The van der Waals surface area contributed by atoms with Crippen molar-refractivity contribution in [3.05, 3.63) is 12.7 Å². The fraction of sp³-hybridized carbons (Fsp3) is 0.806. The Morgan fingerprint density at radius 2 is 1.57 bits per heavy atom. The molecule has 0 bridgehead atoms. The molecule has 1 aliphatic heterocycles. The van der Waals surface area contributed by atoms with Crippen LogP contribution in [0.3, 0.4) is 0 Å². The number of nitrogens with zero attached hydrogens (tertiary/aromatic N) is 1. The summed E-state index contributed by atoms with van der Waals surface area (Å²) in [5.74, 6) is -2.44. The monoisotopic (exact) mass is 705 g/mol. The summed E-state index contributed by atoms with van der Waals surface area (Å²) in [6, 6.07) is -3.54. The molecule has 0 aromatic heterocycles. The Bertz CT molecular complexity index is 1430. The van der Waals surface area contributed by atoms with E-state index in [0.29, 0.717) is 25.8 Å². The second-order valence-electron chi connectivity index (χ2n) is 17.6. The highest BCUT2D eigenvalue weighted by Gasteiger charge is 2.70. The molecule has 4 rings (SSSR count). The van der Waals surface area contributed by atoms with Crippen molar-refractivity contribution in [3.8, 4) is 0 Å². The van der Waals surface area contributed by atoms with Gasteiger partial charge in [0.1, 0.15) is 12.1 Å². The summed E-state index contributed by atoms with van der Waals surface area (Å²) in [4.78, 5) is 69.6. The van der Waals surface area contributed by atoms with Crippen LogP contribution < -0.4 is 21.3 Å². The lowest BCUT2D eigenvalue weighted by Gasteiger charge is -2.41. The van der Waals surface area contributed by atoms with Gasteiger partial charge in [-0.2, -0.15) is 0 Å². The molecule has 3 aliphatic carbocycles. The van der Waals surface area contributed by atoms with Crippen molar-refractivity contribution in [1.82, 2.24) is 26.2 Å². The topological polar surface area (TPSA) is 171 Å². The highest BCUT2D eigenvalue weighted by atomic mass is 32.2. The molecule has 4 N–H and O–H groups in total. The number of piperidine rings is 1. The van der Waals surface area contributed by atoms with E-state index < -0.39 is 73.2 Å². The summed E-state index contributed by atoms with van der Waals surface area (Å²) in [6.45, 7) is 18.6. The minimum Gasteiger partial charge on any atom is -0.346 e. The second kappa shape index (κ2) is 14.0. The molecule has 49 heavy (non-hydrogen) atoms. The van der Waals surface area contributed by atoms with Crippen LogP contribution in [0.15, 0.2) is 12.7 Å². The molecule has 0 aromatic carbocycles. The fourth-order valence-electron chi connectivity index (χ4n) is 7.74. The molecule has 0 spiro atoms. The van der Waals surface area contributed by atoms with E-state index in [-0.39, 0.29) is 35.5 Å². The smallest absolute Gasteiger partial charge is 0.315 e. The summed E-state index contributed by atoms with van der Waals surface area (Å²) in [7, 11) is -3.56. The summed E-state index contributed by atoms with van der Waals surface area (Å²) in [6.07, 6.45) is 7.21. The molecule has 0 aromatic rings. The number of carbonyl (C=O) groups excluding carboxylic acids is 5. The van der Waals surface area contributed by atoms with Crippen molar-refractivity contribution >= 4 is 39.4 Å². The summed E-state index contributed by atoms with van der Waals surface area (Å²) in [5.41, 5.74) is -1.92. The predicted molar refractivity (Wildman–Crippen MR) is 188 cm³/mol. The van der Waals surface area contributed by atoms with Gasteiger partial charge in [-0.1, -0.05) is 72.8 Å². The molecule has 13 heteroatoms. The van der Waals surface area contributed by atoms with Crippen LogP contribution >= 0.6 is 0 Å². The number of sulfone groups is 1. The van der Waals surface area contributed by atoms with Gasteiger partial charge in [0.05, 0.1) is 22.1 Å². The predicted octanol–water partition coefficient (Wildman–Crippen LogP) is 3.26. The number of nitrogens with one attached hydrogen (secondary N) is 4. The Kier molecular flexibility index (Phi) is 11.1. The number of amides is 5. The number of likely N-dealkylation sites (tertiary alicyclic amines) is 1. The van der Waals surface area contributed by atoms with Gasteiger partial charge < -0.3 is 26.2 Å². The van der Waals surface area contributed by atoms with Gasteiger partial charge in [-0.05, 0) is 68.6 Å². The number of Topliss-reactive ketones (excluding diaryl/α,β-unsaturated/α-hetero) is 1. The average molecular weight is 706 g/mol. The fourth-order valence-corrected chi connectivity index (χ4v) is 9.26. The van der Waals surface area contributed by atoms with E-state index in [1.807, 2.05) is 20.8 Å². The van der Waals surface area contributed by atoms with E-state index in [9.17, 15) is 32.4 Å². The molecule has 0 radical (unpaired) electrons. The molecule has 276 valence electrons. The third-order valence-corrected chi connectivity index (χ3v) is 14.1. The third-order valence-electron chi connectivity index (χ3n) is 11.3. The highest BCUT2D eigenvalue weighted by Crippen LogP contribution is 2.65. The van der Waals surface area contributed by atoms with Crippen LogP contribution in [-0.4, -0.2) is 90.1 Å². The molecule has 4 aliphatic rings.